The number of hydrogen-bond donors (Lipinski definition) is 2. The fourth-order valence-corrected chi connectivity index (χ4v) is 2.31. The van der Waals surface area contributed by atoms with Gasteiger partial charge in [0.05, 0.1) is 12.6 Å². The van der Waals surface area contributed by atoms with Crippen LogP contribution >= 0.6 is 0 Å². The number of benzene rings is 1. The summed E-state index contributed by atoms with van der Waals surface area (Å²) in [5.41, 5.74) is 0.857. The van der Waals surface area contributed by atoms with Gasteiger partial charge in [0.15, 0.2) is 0 Å². The van der Waals surface area contributed by atoms with Crippen molar-refractivity contribution in [2.45, 2.75) is 25.3 Å². The summed E-state index contributed by atoms with van der Waals surface area (Å²) >= 11 is 0. The van der Waals surface area contributed by atoms with E-state index in [4.69, 9.17) is 0 Å². The summed E-state index contributed by atoms with van der Waals surface area (Å²) < 4.78 is 13.1. The van der Waals surface area contributed by atoms with Crippen molar-refractivity contribution in [1.29, 1.82) is 0 Å². The van der Waals surface area contributed by atoms with Gasteiger partial charge < -0.3 is 15.5 Å². The Kier molecular flexibility index (Phi) is 6.10. The molecule has 1 unspecified atom stereocenters. The fraction of sp³-hybridized carbons (Fsp3) is 0.529. The van der Waals surface area contributed by atoms with Crippen LogP contribution in [0.5, 0.6) is 0 Å². The number of nitrogens with one attached hydrogen (secondary N) is 2. The third-order valence-corrected chi connectivity index (χ3v) is 3.84. The molecule has 1 saturated carbocycles. The summed E-state index contributed by atoms with van der Waals surface area (Å²) in [5.74, 6) is -0.494. The van der Waals surface area contributed by atoms with E-state index in [1.165, 1.54) is 12.1 Å². The first-order chi connectivity index (χ1) is 11.0. The van der Waals surface area contributed by atoms with Gasteiger partial charge in [0.2, 0.25) is 11.8 Å². The molecule has 1 aromatic carbocycles. The lowest BCUT2D eigenvalue weighted by atomic mass is 10.0. The van der Waals surface area contributed by atoms with Crippen LogP contribution in [0.4, 0.5) is 4.39 Å². The Hall–Kier alpha value is -1.95. The molecule has 2 N–H and O–H groups in total. The predicted molar refractivity (Wildman–Crippen MR) is 86.2 cm³/mol. The van der Waals surface area contributed by atoms with E-state index in [-0.39, 0.29) is 36.1 Å². The van der Waals surface area contributed by atoms with Gasteiger partial charge in [-0.25, -0.2) is 4.39 Å². The number of rotatable bonds is 8. The van der Waals surface area contributed by atoms with Crippen LogP contribution in [0.1, 0.15) is 30.9 Å². The highest BCUT2D eigenvalue weighted by atomic mass is 19.1. The minimum absolute atomic E-state index is 0.0189. The number of hydrogen-bond acceptors (Lipinski definition) is 3. The maximum atomic E-state index is 13.1. The topological polar surface area (TPSA) is 61.4 Å². The van der Waals surface area contributed by atoms with E-state index in [0.29, 0.717) is 6.42 Å². The van der Waals surface area contributed by atoms with Gasteiger partial charge >= 0.3 is 0 Å². The zero-order chi connectivity index (χ0) is 16.8. The van der Waals surface area contributed by atoms with Crippen molar-refractivity contribution in [1.82, 2.24) is 15.5 Å². The Morgan fingerprint density at radius 1 is 1.26 bits per heavy atom. The lowest BCUT2D eigenvalue weighted by Crippen LogP contribution is -2.39. The van der Waals surface area contributed by atoms with Crippen LogP contribution in [0.2, 0.25) is 0 Å². The predicted octanol–water partition coefficient (Wildman–Crippen LogP) is 1.46. The van der Waals surface area contributed by atoms with E-state index in [1.807, 2.05) is 19.0 Å². The van der Waals surface area contributed by atoms with E-state index in [1.54, 1.807) is 12.1 Å². The van der Waals surface area contributed by atoms with Crippen LogP contribution < -0.4 is 10.6 Å². The summed E-state index contributed by atoms with van der Waals surface area (Å²) in [7, 11) is 3.92. The van der Waals surface area contributed by atoms with Gasteiger partial charge in [-0.15, -0.1) is 0 Å². The van der Waals surface area contributed by atoms with Crippen molar-refractivity contribution in [2.75, 3.05) is 27.2 Å². The molecule has 23 heavy (non-hydrogen) atoms. The Balaban J connectivity index is 1.91. The zero-order valence-electron chi connectivity index (χ0n) is 13.6. The second-order valence-electron chi connectivity index (χ2n) is 6.26. The minimum Gasteiger partial charge on any atom is -0.348 e. The number of carbonyl (C=O) groups is 2. The normalized spacial score (nSPS) is 15.3. The molecule has 0 saturated heterocycles. The van der Waals surface area contributed by atoms with Crippen LogP contribution in [-0.4, -0.2) is 43.9 Å². The van der Waals surface area contributed by atoms with Gasteiger partial charge in [-0.3, -0.25) is 9.59 Å². The molecule has 1 aromatic rings. The van der Waals surface area contributed by atoms with Crippen molar-refractivity contribution in [2.24, 2.45) is 5.92 Å². The molecule has 0 aliphatic heterocycles. The van der Waals surface area contributed by atoms with Gasteiger partial charge in [0.25, 0.3) is 0 Å². The second kappa shape index (κ2) is 8.06. The average Bonchev–Trinajstić information content (AvgIpc) is 3.34. The lowest BCUT2D eigenvalue weighted by Gasteiger charge is -2.21. The molecule has 0 radical (unpaired) electrons. The van der Waals surface area contributed by atoms with Crippen molar-refractivity contribution in [3.63, 3.8) is 0 Å². The monoisotopic (exact) mass is 321 g/mol. The van der Waals surface area contributed by atoms with Gasteiger partial charge in [0, 0.05) is 5.92 Å². The maximum absolute atomic E-state index is 13.1. The van der Waals surface area contributed by atoms with Crippen LogP contribution in [-0.2, 0) is 9.59 Å². The summed E-state index contributed by atoms with van der Waals surface area (Å²) in [6.45, 7) is 0.770. The number of amides is 2. The van der Waals surface area contributed by atoms with Crippen molar-refractivity contribution < 1.29 is 14.0 Å². The van der Waals surface area contributed by atoms with Gasteiger partial charge in [-0.1, -0.05) is 12.1 Å². The zero-order valence-corrected chi connectivity index (χ0v) is 13.6. The molecule has 0 spiro atoms. The highest BCUT2D eigenvalue weighted by Crippen LogP contribution is 2.28. The molecule has 1 fully saturated rings. The van der Waals surface area contributed by atoms with E-state index < -0.39 is 0 Å². The second-order valence-corrected chi connectivity index (χ2v) is 6.26. The standard InChI is InChI=1S/C17H24FN3O2/c1-21(2)10-9-15(12-5-7-14(18)8-6-12)20-16(22)11-19-17(23)13-3-4-13/h5-8,13,15H,3-4,9-11H2,1-2H3,(H,19,23)(H,20,22). The van der Waals surface area contributed by atoms with Gasteiger partial charge in [0.1, 0.15) is 5.82 Å². The molecular weight excluding hydrogens is 297 g/mol. The molecule has 1 aliphatic carbocycles. The first-order valence-corrected chi connectivity index (χ1v) is 7.93. The summed E-state index contributed by atoms with van der Waals surface area (Å²) in [4.78, 5) is 25.7. The summed E-state index contributed by atoms with van der Waals surface area (Å²) in [6.07, 6.45) is 2.53. The third kappa shape index (κ3) is 5.98. The molecule has 0 bridgehead atoms. The molecule has 6 heteroatoms. The Morgan fingerprint density at radius 3 is 2.48 bits per heavy atom. The molecule has 1 atom stereocenters. The molecule has 0 heterocycles. The van der Waals surface area contributed by atoms with Crippen LogP contribution in [0.25, 0.3) is 0 Å². The van der Waals surface area contributed by atoms with E-state index in [0.717, 1.165) is 24.9 Å². The van der Waals surface area contributed by atoms with E-state index in [9.17, 15) is 14.0 Å². The summed E-state index contributed by atoms with van der Waals surface area (Å²) in [6, 6.07) is 5.93. The highest BCUT2D eigenvalue weighted by molar-refractivity contribution is 5.87. The van der Waals surface area contributed by atoms with Crippen LogP contribution in [0.3, 0.4) is 0 Å². The molecular formula is C17H24FN3O2. The van der Waals surface area contributed by atoms with Gasteiger partial charge in [-0.05, 0) is 57.6 Å². The van der Waals surface area contributed by atoms with Crippen LogP contribution in [0.15, 0.2) is 24.3 Å². The molecule has 126 valence electrons. The molecule has 5 nitrogen and oxygen atoms in total. The van der Waals surface area contributed by atoms with Gasteiger partial charge in [-0.2, -0.15) is 0 Å². The van der Waals surface area contributed by atoms with Crippen molar-refractivity contribution in [3.05, 3.63) is 35.6 Å². The summed E-state index contributed by atoms with van der Waals surface area (Å²) in [5, 5.41) is 5.57. The Morgan fingerprint density at radius 2 is 1.91 bits per heavy atom. The Labute approximate surface area is 136 Å². The number of carbonyl (C=O) groups excluding carboxylic acids is 2. The Bertz CT molecular complexity index is 541. The molecule has 2 rings (SSSR count). The van der Waals surface area contributed by atoms with E-state index >= 15 is 0 Å². The largest absolute Gasteiger partial charge is 0.348 e. The minimum atomic E-state index is -0.303. The van der Waals surface area contributed by atoms with Crippen molar-refractivity contribution in [3.8, 4) is 0 Å². The molecule has 2 amide bonds. The van der Waals surface area contributed by atoms with Crippen molar-refractivity contribution >= 4 is 11.8 Å². The smallest absolute Gasteiger partial charge is 0.239 e. The van der Waals surface area contributed by atoms with Crippen LogP contribution in [0, 0.1) is 11.7 Å². The average molecular weight is 321 g/mol. The molecule has 0 aromatic heterocycles. The number of halogens is 1. The molecule has 1 aliphatic rings. The highest BCUT2D eigenvalue weighted by Gasteiger charge is 2.29. The third-order valence-electron chi connectivity index (χ3n) is 3.84. The fourth-order valence-electron chi connectivity index (χ4n) is 2.31. The lowest BCUT2D eigenvalue weighted by molar-refractivity contribution is -0.127. The quantitative estimate of drug-likeness (QED) is 0.762. The van der Waals surface area contributed by atoms with E-state index in [2.05, 4.69) is 10.6 Å². The number of nitrogens with zero attached hydrogens (tertiary/aromatic N) is 1. The first-order valence-electron chi connectivity index (χ1n) is 7.93. The maximum Gasteiger partial charge on any atom is 0.239 e. The first kappa shape index (κ1) is 17.4. The SMILES string of the molecule is CN(C)CCC(NC(=O)CNC(=O)C1CC1)c1ccc(F)cc1.